The third-order valence-corrected chi connectivity index (χ3v) is 2.87. The lowest BCUT2D eigenvalue weighted by molar-refractivity contribution is 0.394. The van der Waals surface area contributed by atoms with Gasteiger partial charge in [0.2, 0.25) is 0 Å². The lowest BCUT2D eigenvalue weighted by atomic mass is 10.1. The SMILES string of the molecule is CCCNc1ccc(-c2cc(OC)cc(OC)c2)nn1. The van der Waals surface area contributed by atoms with Gasteiger partial charge in [-0.05, 0) is 30.7 Å². The van der Waals surface area contributed by atoms with Crippen molar-refractivity contribution in [2.45, 2.75) is 13.3 Å². The fourth-order valence-corrected chi connectivity index (χ4v) is 1.79. The number of aromatic nitrogens is 2. The molecule has 0 radical (unpaired) electrons. The molecule has 0 atom stereocenters. The molecule has 0 aliphatic heterocycles. The van der Waals surface area contributed by atoms with Crippen molar-refractivity contribution in [3.8, 4) is 22.8 Å². The van der Waals surface area contributed by atoms with Crippen LogP contribution in [0.4, 0.5) is 5.82 Å². The summed E-state index contributed by atoms with van der Waals surface area (Å²) in [5.41, 5.74) is 1.69. The highest BCUT2D eigenvalue weighted by Gasteiger charge is 2.06. The van der Waals surface area contributed by atoms with Gasteiger partial charge in [0.05, 0.1) is 19.9 Å². The van der Waals surface area contributed by atoms with E-state index in [0.29, 0.717) is 0 Å². The van der Waals surface area contributed by atoms with Gasteiger partial charge in [-0.3, -0.25) is 0 Å². The lowest BCUT2D eigenvalue weighted by Crippen LogP contribution is -2.02. The Bertz CT molecular complexity index is 533. The monoisotopic (exact) mass is 273 g/mol. The first-order chi connectivity index (χ1) is 9.76. The first kappa shape index (κ1) is 14.1. The zero-order valence-corrected chi connectivity index (χ0v) is 12.0. The predicted molar refractivity (Wildman–Crippen MR) is 79.4 cm³/mol. The highest BCUT2D eigenvalue weighted by atomic mass is 16.5. The van der Waals surface area contributed by atoms with E-state index in [-0.39, 0.29) is 0 Å². The van der Waals surface area contributed by atoms with Crippen LogP contribution in [0.2, 0.25) is 0 Å². The number of benzene rings is 1. The molecule has 5 heteroatoms. The molecule has 0 saturated carbocycles. The van der Waals surface area contributed by atoms with Crippen molar-refractivity contribution in [1.82, 2.24) is 10.2 Å². The molecular formula is C15H19N3O2. The van der Waals surface area contributed by atoms with E-state index in [1.807, 2.05) is 30.3 Å². The van der Waals surface area contributed by atoms with Gasteiger partial charge in [-0.1, -0.05) is 6.92 Å². The molecule has 20 heavy (non-hydrogen) atoms. The molecule has 2 aromatic rings. The summed E-state index contributed by atoms with van der Waals surface area (Å²) in [5.74, 6) is 2.24. The van der Waals surface area contributed by atoms with Crippen molar-refractivity contribution in [2.24, 2.45) is 0 Å². The second kappa shape index (κ2) is 6.75. The number of hydrogen-bond acceptors (Lipinski definition) is 5. The van der Waals surface area contributed by atoms with E-state index in [4.69, 9.17) is 9.47 Å². The Morgan fingerprint density at radius 1 is 1.00 bits per heavy atom. The van der Waals surface area contributed by atoms with E-state index in [1.165, 1.54) is 0 Å². The first-order valence-electron chi connectivity index (χ1n) is 6.58. The summed E-state index contributed by atoms with van der Waals surface area (Å²) >= 11 is 0. The second-order valence-electron chi connectivity index (χ2n) is 4.33. The van der Waals surface area contributed by atoms with Gasteiger partial charge < -0.3 is 14.8 Å². The summed E-state index contributed by atoms with van der Waals surface area (Å²) in [6.45, 7) is 3.00. The Morgan fingerprint density at radius 3 is 2.20 bits per heavy atom. The molecule has 0 bridgehead atoms. The number of methoxy groups -OCH3 is 2. The fraction of sp³-hybridized carbons (Fsp3) is 0.333. The third kappa shape index (κ3) is 3.38. The van der Waals surface area contributed by atoms with E-state index >= 15 is 0 Å². The molecule has 1 aromatic carbocycles. The van der Waals surface area contributed by atoms with Crippen molar-refractivity contribution in [1.29, 1.82) is 0 Å². The molecule has 0 aliphatic rings. The summed E-state index contributed by atoms with van der Waals surface area (Å²) in [6.07, 6.45) is 1.05. The van der Waals surface area contributed by atoms with Crippen molar-refractivity contribution >= 4 is 5.82 Å². The topological polar surface area (TPSA) is 56.3 Å². The van der Waals surface area contributed by atoms with Crippen LogP contribution in [-0.2, 0) is 0 Å². The van der Waals surface area contributed by atoms with Gasteiger partial charge in [0.1, 0.15) is 17.3 Å². The van der Waals surface area contributed by atoms with Crippen LogP contribution in [0, 0.1) is 0 Å². The van der Waals surface area contributed by atoms with Gasteiger partial charge in [0, 0.05) is 18.2 Å². The van der Waals surface area contributed by atoms with Crippen LogP contribution in [0.25, 0.3) is 11.3 Å². The number of nitrogens with one attached hydrogen (secondary N) is 1. The summed E-state index contributed by atoms with van der Waals surface area (Å²) in [6, 6.07) is 9.49. The fourth-order valence-electron chi connectivity index (χ4n) is 1.79. The Balaban J connectivity index is 2.26. The number of ether oxygens (including phenoxy) is 2. The highest BCUT2D eigenvalue weighted by molar-refractivity contribution is 5.64. The van der Waals surface area contributed by atoms with Crippen molar-refractivity contribution in [3.63, 3.8) is 0 Å². The number of hydrogen-bond donors (Lipinski definition) is 1. The highest BCUT2D eigenvalue weighted by Crippen LogP contribution is 2.28. The molecule has 0 unspecified atom stereocenters. The van der Waals surface area contributed by atoms with Crippen LogP contribution in [0.1, 0.15) is 13.3 Å². The Labute approximate surface area is 118 Å². The number of nitrogens with zero attached hydrogens (tertiary/aromatic N) is 2. The van der Waals surface area contributed by atoms with Crippen molar-refractivity contribution in [3.05, 3.63) is 30.3 Å². The molecule has 2 rings (SSSR count). The average Bonchev–Trinajstić information content (AvgIpc) is 2.52. The number of anilines is 1. The minimum atomic E-state index is 0.731. The summed E-state index contributed by atoms with van der Waals surface area (Å²) in [4.78, 5) is 0. The van der Waals surface area contributed by atoms with Gasteiger partial charge in [-0.25, -0.2) is 0 Å². The van der Waals surface area contributed by atoms with Gasteiger partial charge in [-0.15, -0.1) is 10.2 Å². The molecule has 1 N–H and O–H groups in total. The first-order valence-corrected chi connectivity index (χ1v) is 6.58. The maximum Gasteiger partial charge on any atom is 0.148 e. The van der Waals surface area contributed by atoms with E-state index in [1.54, 1.807) is 14.2 Å². The third-order valence-electron chi connectivity index (χ3n) is 2.87. The Kier molecular flexibility index (Phi) is 4.76. The van der Waals surface area contributed by atoms with E-state index in [0.717, 1.165) is 41.5 Å². The molecule has 106 valence electrons. The average molecular weight is 273 g/mol. The maximum atomic E-state index is 5.26. The van der Waals surface area contributed by atoms with Crippen molar-refractivity contribution < 1.29 is 9.47 Å². The van der Waals surface area contributed by atoms with E-state index in [2.05, 4.69) is 22.4 Å². The Morgan fingerprint density at radius 2 is 1.70 bits per heavy atom. The largest absolute Gasteiger partial charge is 0.497 e. The summed E-state index contributed by atoms with van der Waals surface area (Å²) in [7, 11) is 3.25. The van der Waals surface area contributed by atoms with Gasteiger partial charge in [0.25, 0.3) is 0 Å². The van der Waals surface area contributed by atoms with Crippen LogP contribution >= 0.6 is 0 Å². The second-order valence-corrected chi connectivity index (χ2v) is 4.33. The molecule has 0 amide bonds. The van der Waals surface area contributed by atoms with Crippen LogP contribution in [0.3, 0.4) is 0 Å². The summed E-state index contributed by atoms with van der Waals surface area (Å²) in [5, 5.41) is 11.6. The smallest absolute Gasteiger partial charge is 0.148 e. The molecular weight excluding hydrogens is 254 g/mol. The Hall–Kier alpha value is -2.30. The van der Waals surface area contributed by atoms with Gasteiger partial charge >= 0.3 is 0 Å². The van der Waals surface area contributed by atoms with Crippen molar-refractivity contribution in [2.75, 3.05) is 26.1 Å². The standard InChI is InChI=1S/C15H19N3O2/c1-4-7-16-15-6-5-14(17-18-15)11-8-12(19-2)10-13(9-11)20-3/h5-6,8-10H,4,7H2,1-3H3,(H,16,18). The molecule has 1 aromatic heterocycles. The van der Waals surface area contributed by atoms with E-state index < -0.39 is 0 Å². The van der Waals surface area contributed by atoms with E-state index in [9.17, 15) is 0 Å². The predicted octanol–water partition coefficient (Wildman–Crippen LogP) is 2.98. The zero-order valence-electron chi connectivity index (χ0n) is 12.0. The zero-order chi connectivity index (χ0) is 14.4. The van der Waals surface area contributed by atoms with Gasteiger partial charge in [0.15, 0.2) is 0 Å². The maximum absolute atomic E-state index is 5.26. The normalized spacial score (nSPS) is 10.2. The lowest BCUT2D eigenvalue weighted by Gasteiger charge is -2.08. The van der Waals surface area contributed by atoms with Crippen LogP contribution in [0.5, 0.6) is 11.5 Å². The molecule has 0 spiro atoms. The quantitative estimate of drug-likeness (QED) is 0.876. The summed E-state index contributed by atoms with van der Waals surface area (Å²) < 4.78 is 10.5. The van der Waals surface area contributed by atoms with Crippen LogP contribution < -0.4 is 14.8 Å². The minimum Gasteiger partial charge on any atom is -0.497 e. The molecule has 0 saturated heterocycles. The van der Waals surface area contributed by atoms with Crippen LogP contribution in [0.15, 0.2) is 30.3 Å². The minimum absolute atomic E-state index is 0.731. The molecule has 0 aliphatic carbocycles. The molecule has 0 fully saturated rings. The van der Waals surface area contributed by atoms with Gasteiger partial charge in [-0.2, -0.15) is 0 Å². The molecule has 5 nitrogen and oxygen atoms in total. The number of rotatable bonds is 6. The molecule has 1 heterocycles. The van der Waals surface area contributed by atoms with Crippen LogP contribution in [-0.4, -0.2) is 31.0 Å².